The molecule has 126 valence electrons. The van der Waals surface area contributed by atoms with Gasteiger partial charge in [-0.3, -0.25) is 4.79 Å². The van der Waals surface area contributed by atoms with E-state index in [4.69, 9.17) is 16.3 Å². The van der Waals surface area contributed by atoms with E-state index in [-0.39, 0.29) is 17.9 Å². The second kappa shape index (κ2) is 7.69. The molecule has 0 radical (unpaired) electrons. The second-order valence-electron chi connectivity index (χ2n) is 5.93. The Labute approximate surface area is 147 Å². The summed E-state index contributed by atoms with van der Waals surface area (Å²) in [7, 11) is 1.63. The average molecular weight is 345 g/mol. The molecule has 1 aliphatic rings. The lowest BCUT2D eigenvalue weighted by molar-refractivity contribution is -0.124. The monoisotopic (exact) mass is 344 g/mol. The first-order chi connectivity index (χ1) is 11.7. The number of methoxy groups -OCH3 is 1. The molecule has 4 nitrogen and oxygen atoms in total. The maximum absolute atomic E-state index is 12.6. The van der Waals surface area contributed by atoms with Gasteiger partial charge in [-0.2, -0.15) is 0 Å². The van der Waals surface area contributed by atoms with Crippen molar-refractivity contribution in [2.24, 2.45) is 5.92 Å². The van der Waals surface area contributed by atoms with E-state index in [9.17, 15) is 4.79 Å². The van der Waals surface area contributed by atoms with Crippen LogP contribution in [0, 0.1) is 5.92 Å². The highest BCUT2D eigenvalue weighted by Gasteiger charge is 2.26. The molecule has 1 heterocycles. The van der Waals surface area contributed by atoms with Crippen molar-refractivity contribution < 1.29 is 9.53 Å². The van der Waals surface area contributed by atoms with E-state index in [1.54, 1.807) is 7.11 Å². The highest BCUT2D eigenvalue weighted by atomic mass is 35.5. The van der Waals surface area contributed by atoms with Crippen molar-refractivity contribution >= 4 is 17.5 Å². The van der Waals surface area contributed by atoms with Crippen LogP contribution in [0.2, 0.25) is 5.02 Å². The number of hydrogen-bond acceptors (Lipinski definition) is 3. The van der Waals surface area contributed by atoms with Gasteiger partial charge in [0, 0.05) is 11.6 Å². The third kappa shape index (κ3) is 3.71. The molecule has 1 amide bonds. The number of ether oxygens (including phenoxy) is 1. The van der Waals surface area contributed by atoms with E-state index < -0.39 is 0 Å². The number of amides is 1. The van der Waals surface area contributed by atoms with Crippen LogP contribution in [0.15, 0.2) is 48.5 Å². The Morgan fingerprint density at radius 2 is 2.00 bits per heavy atom. The zero-order valence-electron chi connectivity index (χ0n) is 13.6. The molecule has 2 aromatic rings. The molecule has 1 aliphatic heterocycles. The zero-order chi connectivity index (χ0) is 16.9. The van der Waals surface area contributed by atoms with Gasteiger partial charge in [0.1, 0.15) is 5.75 Å². The van der Waals surface area contributed by atoms with Crippen LogP contribution >= 0.6 is 11.6 Å². The Hall–Kier alpha value is -2.04. The van der Waals surface area contributed by atoms with Crippen LogP contribution in [-0.4, -0.2) is 26.1 Å². The molecular weight excluding hydrogens is 324 g/mol. The van der Waals surface area contributed by atoms with E-state index in [1.165, 1.54) is 0 Å². The van der Waals surface area contributed by atoms with Crippen molar-refractivity contribution in [2.75, 3.05) is 20.2 Å². The third-order valence-corrected chi connectivity index (χ3v) is 4.73. The van der Waals surface area contributed by atoms with Crippen molar-refractivity contribution in [3.63, 3.8) is 0 Å². The molecule has 0 saturated carbocycles. The minimum Gasteiger partial charge on any atom is -0.497 e. The fraction of sp³-hybridized carbons (Fsp3) is 0.316. The Morgan fingerprint density at radius 1 is 1.25 bits per heavy atom. The summed E-state index contributed by atoms with van der Waals surface area (Å²) in [5, 5.41) is 7.04. The van der Waals surface area contributed by atoms with Crippen molar-refractivity contribution in [2.45, 2.75) is 12.5 Å². The van der Waals surface area contributed by atoms with Gasteiger partial charge in [-0.15, -0.1) is 0 Å². The Morgan fingerprint density at radius 3 is 2.62 bits per heavy atom. The maximum Gasteiger partial charge on any atom is 0.225 e. The predicted molar refractivity (Wildman–Crippen MR) is 95.4 cm³/mol. The number of carbonyl (C=O) groups is 1. The highest BCUT2D eigenvalue weighted by molar-refractivity contribution is 6.31. The highest BCUT2D eigenvalue weighted by Crippen LogP contribution is 2.30. The van der Waals surface area contributed by atoms with Crippen LogP contribution in [0.4, 0.5) is 0 Å². The standard InChI is InChI=1S/C19H21ClN2O2/c1-24-15-8-6-13(7-9-15)18(16-4-2-3-5-17(16)20)22-19(23)14-10-11-21-12-14/h2-9,14,18,21H,10-12H2,1H3,(H,22,23)/t14-,18+/m0/s1. The number of rotatable bonds is 5. The van der Waals surface area contributed by atoms with E-state index in [0.29, 0.717) is 5.02 Å². The van der Waals surface area contributed by atoms with Gasteiger partial charge in [0.15, 0.2) is 0 Å². The first-order valence-corrected chi connectivity index (χ1v) is 8.46. The lowest BCUT2D eigenvalue weighted by Crippen LogP contribution is -2.35. The molecule has 0 bridgehead atoms. The first-order valence-electron chi connectivity index (χ1n) is 8.08. The van der Waals surface area contributed by atoms with Gasteiger partial charge in [0.2, 0.25) is 5.91 Å². The number of carbonyl (C=O) groups excluding carboxylic acids is 1. The van der Waals surface area contributed by atoms with E-state index in [2.05, 4.69) is 10.6 Å². The second-order valence-corrected chi connectivity index (χ2v) is 6.33. The normalized spacial score (nSPS) is 18.2. The minimum atomic E-state index is -0.280. The topological polar surface area (TPSA) is 50.4 Å². The summed E-state index contributed by atoms with van der Waals surface area (Å²) >= 11 is 6.38. The molecule has 1 saturated heterocycles. The minimum absolute atomic E-state index is 0.00763. The van der Waals surface area contributed by atoms with Crippen LogP contribution in [0.3, 0.4) is 0 Å². The maximum atomic E-state index is 12.6. The van der Waals surface area contributed by atoms with Crippen LogP contribution in [0.5, 0.6) is 5.75 Å². The van der Waals surface area contributed by atoms with Gasteiger partial charge in [-0.05, 0) is 42.3 Å². The van der Waals surface area contributed by atoms with Gasteiger partial charge in [0.05, 0.1) is 19.1 Å². The summed E-state index contributed by atoms with van der Waals surface area (Å²) in [4.78, 5) is 12.6. The smallest absolute Gasteiger partial charge is 0.225 e. The Bertz CT molecular complexity index is 697. The van der Waals surface area contributed by atoms with Crippen molar-refractivity contribution in [1.29, 1.82) is 0 Å². The van der Waals surface area contributed by atoms with Gasteiger partial charge in [0.25, 0.3) is 0 Å². The van der Waals surface area contributed by atoms with Gasteiger partial charge in [-0.1, -0.05) is 41.9 Å². The lowest BCUT2D eigenvalue weighted by Gasteiger charge is -2.23. The van der Waals surface area contributed by atoms with Gasteiger partial charge < -0.3 is 15.4 Å². The molecule has 1 fully saturated rings. The van der Waals surface area contributed by atoms with Crippen molar-refractivity contribution in [3.8, 4) is 5.75 Å². The first kappa shape index (κ1) is 16.8. The van der Waals surface area contributed by atoms with E-state index in [0.717, 1.165) is 36.4 Å². The fourth-order valence-corrected chi connectivity index (χ4v) is 3.23. The molecule has 2 N–H and O–H groups in total. The quantitative estimate of drug-likeness (QED) is 0.876. The van der Waals surface area contributed by atoms with Crippen LogP contribution in [-0.2, 0) is 4.79 Å². The van der Waals surface area contributed by atoms with Crippen molar-refractivity contribution in [1.82, 2.24) is 10.6 Å². The summed E-state index contributed by atoms with van der Waals surface area (Å²) in [6, 6.07) is 15.0. The van der Waals surface area contributed by atoms with Crippen LogP contribution in [0.25, 0.3) is 0 Å². The number of halogens is 1. The summed E-state index contributed by atoms with van der Waals surface area (Å²) in [5.41, 5.74) is 1.87. The van der Waals surface area contributed by atoms with E-state index in [1.807, 2.05) is 48.5 Å². The van der Waals surface area contributed by atoms with Crippen LogP contribution < -0.4 is 15.4 Å². The predicted octanol–water partition coefficient (Wildman–Crippen LogP) is 3.16. The molecule has 0 aliphatic carbocycles. The van der Waals surface area contributed by atoms with Crippen molar-refractivity contribution in [3.05, 3.63) is 64.7 Å². The molecule has 2 aromatic carbocycles. The molecule has 24 heavy (non-hydrogen) atoms. The Kier molecular flexibility index (Phi) is 5.38. The number of benzene rings is 2. The molecule has 0 unspecified atom stereocenters. The van der Waals surface area contributed by atoms with Gasteiger partial charge in [-0.25, -0.2) is 0 Å². The molecule has 0 spiro atoms. The largest absolute Gasteiger partial charge is 0.497 e. The van der Waals surface area contributed by atoms with E-state index >= 15 is 0 Å². The number of nitrogens with one attached hydrogen (secondary N) is 2. The molecule has 0 aromatic heterocycles. The Balaban J connectivity index is 1.90. The number of hydrogen-bond donors (Lipinski definition) is 2. The SMILES string of the molecule is COc1ccc([C@@H](NC(=O)[C@H]2CCNC2)c2ccccc2Cl)cc1. The summed E-state index contributed by atoms with van der Waals surface area (Å²) in [6.07, 6.45) is 0.865. The zero-order valence-corrected chi connectivity index (χ0v) is 14.3. The lowest BCUT2D eigenvalue weighted by atomic mass is 9.97. The van der Waals surface area contributed by atoms with Gasteiger partial charge >= 0.3 is 0 Å². The molecule has 3 rings (SSSR count). The average Bonchev–Trinajstić information content (AvgIpc) is 3.15. The fourth-order valence-electron chi connectivity index (χ4n) is 2.98. The van der Waals surface area contributed by atoms with Crippen LogP contribution in [0.1, 0.15) is 23.6 Å². The third-order valence-electron chi connectivity index (χ3n) is 4.38. The molecule has 5 heteroatoms. The molecular formula is C19H21ClN2O2. The molecule has 2 atom stereocenters. The summed E-state index contributed by atoms with van der Waals surface area (Å²) < 4.78 is 5.22. The summed E-state index contributed by atoms with van der Waals surface area (Å²) in [5.74, 6) is 0.844. The summed E-state index contributed by atoms with van der Waals surface area (Å²) in [6.45, 7) is 1.61.